The average Bonchev–Trinajstić information content (AvgIpc) is 3.17. The first kappa shape index (κ1) is 19.6. The first-order valence-electron chi connectivity index (χ1n) is 9.03. The first-order valence-corrected chi connectivity index (χ1v) is 19.0. The number of nitrogens with one attached hydrogen (secondary N) is 2. The number of hydrogen-bond acceptors (Lipinski definition) is 5. The molecule has 2 N–H and O–H groups in total. The van der Waals surface area contributed by atoms with E-state index in [1.807, 2.05) is 37.5 Å². The molecule has 0 saturated carbocycles. The molecule has 0 aliphatic rings. The van der Waals surface area contributed by atoms with Crippen LogP contribution < -0.4 is 14.3 Å². The molecule has 0 unspecified atom stereocenters. The summed E-state index contributed by atoms with van der Waals surface area (Å²) in [6.07, 6.45) is 5.02. The molecule has 2 aromatic carbocycles. The Bertz CT molecular complexity index is 897. The summed E-state index contributed by atoms with van der Waals surface area (Å²) in [6, 6.07) is 14.6. The van der Waals surface area contributed by atoms with Crippen molar-refractivity contribution in [3.8, 4) is 11.3 Å². The number of aromatic nitrogens is 1. The van der Waals surface area contributed by atoms with Crippen LogP contribution in [-0.2, 0) is 6.54 Å². The summed E-state index contributed by atoms with van der Waals surface area (Å²) < 4.78 is 6.84. The van der Waals surface area contributed by atoms with Gasteiger partial charge in [-0.15, -0.1) is 0 Å². The number of benzene rings is 2. The second-order valence-corrected chi connectivity index (χ2v) is 21.9. The van der Waals surface area contributed by atoms with E-state index in [4.69, 9.17) is 4.42 Å². The van der Waals surface area contributed by atoms with Gasteiger partial charge in [-0.3, -0.25) is 0 Å². The Hall–Kier alpha value is -2.12. The van der Waals surface area contributed by atoms with Gasteiger partial charge in [0.05, 0.1) is 0 Å². The fourth-order valence-electron chi connectivity index (χ4n) is 2.97. The molecular weight excluding hydrogens is 443 g/mol. The maximum absolute atomic E-state index is 5.30. The second kappa shape index (κ2) is 8.71. The van der Waals surface area contributed by atoms with Crippen LogP contribution in [0.4, 0.5) is 5.69 Å². The summed E-state index contributed by atoms with van der Waals surface area (Å²) in [4.78, 5) is 11.3. The van der Waals surface area contributed by atoms with E-state index >= 15 is 0 Å². The Kier molecular flexibility index (Phi) is 6.34. The van der Waals surface area contributed by atoms with Gasteiger partial charge >= 0.3 is 154 Å². The molecule has 0 atom stereocenters. The number of hydrogen-bond donors (Lipinski definition) is 2. The van der Waals surface area contributed by atoms with Gasteiger partial charge in [0.2, 0.25) is 0 Å². The van der Waals surface area contributed by atoms with Crippen LogP contribution >= 0.6 is 0 Å². The SMILES string of the molecule is CNCc1ccc(C=NNc2ccc(-c3cnco3)cc2)c[c]1[Sn]([CH3])([CH3])[CH3]. The van der Waals surface area contributed by atoms with Crippen LogP contribution in [-0.4, -0.2) is 36.6 Å². The maximum atomic E-state index is 5.30. The molecule has 0 bridgehead atoms. The molecule has 0 fully saturated rings. The minimum absolute atomic E-state index is 0.757. The third-order valence-electron chi connectivity index (χ3n) is 4.32. The fraction of sp³-hybridized carbons (Fsp3) is 0.238. The van der Waals surface area contributed by atoms with Crippen LogP contribution in [0.3, 0.4) is 0 Å². The van der Waals surface area contributed by atoms with Gasteiger partial charge in [-0.1, -0.05) is 0 Å². The van der Waals surface area contributed by atoms with Crippen molar-refractivity contribution in [2.24, 2.45) is 5.10 Å². The molecule has 3 aromatic rings. The zero-order chi connectivity index (χ0) is 19.3. The van der Waals surface area contributed by atoms with E-state index in [0.29, 0.717) is 0 Å². The second-order valence-electron chi connectivity index (χ2n) is 7.51. The summed E-state index contributed by atoms with van der Waals surface area (Å²) >= 11 is -2.19. The first-order chi connectivity index (χ1) is 13.0. The van der Waals surface area contributed by atoms with Gasteiger partial charge in [-0.25, -0.2) is 4.98 Å². The zero-order valence-corrected chi connectivity index (χ0v) is 19.1. The quantitative estimate of drug-likeness (QED) is 0.312. The summed E-state index contributed by atoms with van der Waals surface area (Å²) in [5.41, 5.74) is 7.55. The van der Waals surface area contributed by atoms with Gasteiger partial charge in [-0.2, -0.15) is 0 Å². The number of rotatable bonds is 7. The predicted molar refractivity (Wildman–Crippen MR) is 115 cm³/mol. The molecule has 0 aliphatic heterocycles. The molecular formula is C21H26N4OSn. The summed E-state index contributed by atoms with van der Waals surface area (Å²) in [5.74, 6) is 0.757. The molecule has 0 saturated heterocycles. The van der Waals surface area contributed by atoms with E-state index in [0.717, 1.165) is 29.1 Å². The fourth-order valence-corrected chi connectivity index (χ4v) is 7.92. The van der Waals surface area contributed by atoms with Gasteiger partial charge in [0.25, 0.3) is 0 Å². The molecule has 0 amide bonds. The van der Waals surface area contributed by atoms with Crippen molar-refractivity contribution in [1.29, 1.82) is 0 Å². The Labute approximate surface area is 164 Å². The predicted octanol–water partition coefficient (Wildman–Crippen LogP) is 4.05. The van der Waals surface area contributed by atoms with E-state index in [2.05, 4.69) is 53.8 Å². The van der Waals surface area contributed by atoms with Crippen LogP contribution in [0.1, 0.15) is 11.1 Å². The molecule has 6 heteroatoms. The third-order valence-corrected chi connectivity index (χ3v) is 10.3. The van der Waals surface area contributed by atoms with Crippen LogP contribution in [0.15, 0.2) is 64.6 Å². The van der Waals surface area contributed by atoms with Crippen LogP contribution in [0, 0.1) is 0 Å². The van der Waals surface area contributed by atoms with Gasteiger partial charge in [0.1, 0.15) is 0 Å². The van der Waals surface area contributed by atoms with Gasteiger partial charge in [-0.05, 0) is 0 Å². The molecule has 27 heavy (non-hydrogen) atoms. The minimum atomic E-state index is -2.19. The molecule has 140 valence electrons. The van der Waals surface area contributed by atoms with Crippen molar-refractivity contribution < 1.29 is 4.42 Å². The summed E-state index contributed by atoms with van der Waals surface area (Å²) in [6.45, 7) is 0.913. The Morgan fingerprint density at radius 3 is 2.52 bits per heavy atom. The molecule has 0 spiro atoms. The van der Waals surface area contributed by atoms with Crippen molar-refractivity contribution in [2.45, 2.75) is 21.4 Å². The molecule has 0 aliphatic carbocycles. The standard InChI is InChI=1S/C18H17N4O.3CH3.Sn/c1-19-10-14-2-4-15(5-3-14)11-21-22-17-8-6-16(7-9-17)18-12-20-13-23-18;;;;/h2,4-9,11-13,19,22H,10H2,1H3;3*1H3;. The molecule has 0 radical (unpaired) electrons. The Balaban J connectivity index is 1.71. The van der Waals surface area contributed by atoms with Crippen molar-refractivity contribution in [1.82, 2.24) is 10.3 Å². The molecule has 5 nitrogen and oxygen atoms in total. The van der Waals surface area contributed by atoms with Gasteiger partial charge in [0, 0.05) is 0 Å². The van der Waals surface area contributed by atoms with Gasteiger partial charge < -0.3 is 0 Å². The van der Waals surface area contributed by atoms with E-state index in [1.54, 1.807) is 9.78 Å². The zero-order valence-electron chi connectivity index (χ0n) is 16.3. The topological polar surface area (TPSA) is 62.5 Å². The van der Waals surface area contributed by atoms with Crippen molar-refractivity contribution in [3.63, 3.8) is 0 Å². The van der Waals surface area contributed by atoms with E-state index in [9.17, 15) is 0 Å². The van der Waals surface area contributed by atoms with E-state index in [-0.39, 0.29) is 0 Å². The number of anilines is 1. The van der Waals surface area contributed by atoms with Crippen LogP contribution in [0.2, 0.25) is 14.8 Å². The van der Waals surface area contributed by atoms with Crippen molar-refractivity contribution >= 4 is 33.9 Å². The molecule has 3 rings (SSSR count). The normalized spacial score (nSPS) is 11.9. The Morgan fingerprint density at radius 1 is 1.11 bits per heavy atom. The van der Waals surface area contributed by atoms with E-state index < -0.39 is 18.4 Å². The van der Waals surface area contributed by atoms with E-state index in [1.165, 1.54) is 12.0 Å². The Morgan fingerprint density at radius 2 is 1.89 bits per heavy atom. The van der Waals surface area contributed by atoms with Crippen molar-refractivity contribution in [2.75, 3.05) is 12.5 Å². The van der Waals surface area contributed by atoms with Crippen molar-refractivity contribution in [3.05, 3.63) is 66.2 Å². The molecule has 1 heterocycles. The monoisotopic (exact) mass is 470 g/mol. The summed E-state index contributed by atoms with van der Waals surface area (Å²) in [5, 5.41) is 7.67. The number of oxazole rings is 1. The number of nitrogens with zero attached hydrogens (tertiary/aromatic N) is 2. The third kappa shape index (κ3) is 5.20. The van der Waals surface area contributed by atoms with Crippen LogP contribution in [0.25, 0.3) is 11.3 Å². The van der Waals surface area contributed by atoms with Crippen LogP contribution in [0.5, 0.6) is 0 Å². The molecule has 1 aromatic heterocycles. The van der Waals surface area contributed by atoms with Gasteiger partial charge in [0.15, 0.2) is 6.39 Å². The summed E-state index contributed by atoms with van der Waals surface area (Å²) in [7, 11) is 1.99. The average molecular weight is 469 g/mol. The number of hydrazone groups is 1.